The highest BCUT2D eigenvalue weighted by atomic mass is 35.5. The van der Waals surface area contributed by atoms with Gasteiger partial charge in [-0.2, -0.15) is 5.10 Å². The van der Waals surface area contributed by atoms with Crippen molar-refractivity contribution >= 4 is 17.5 Å². The number of carbonyl (C=O) groups is 1. The van der Waals surface area contributed by atoms with Gasteiger partial charge in [-0.05, 0) is 31.2 Å². The number of carbonyl (C=O) groups excluding carboxylic acids is 1. The fourth-order valence-electron chi connectivity index (χ4n) is 1.28. The summed E-state index contributed by atoms with van der Waals surface area (Å²) in [6.07, 6.45) is 1.64. The van der Waals surface area contributed by atoms with E-state index in [1.807, 2.05) is 6.92 Å². The molecule has 0 aliphatic carbocycles. The molecule has 76 valence electrons. The van der Waals surface area contributed by atoms with Gasteiger partial charge in [0.1, 0.15) is 0 Å². The molecule has 0 bridgehead atoms. The molecule has 1 aromatic carbocycles. The number of nitrogens with zero attached hydrogens (tertiary/aromatic N) is 2. The third kappa shape index (κ3) is 2.07. The van der Waals surface area contributed by atoms with Crippen molar-refractivity contribution in [3.05, 3.63) is 52.8 Å². The fourth-order valence-corrected chi connectivity index (χ4v) is 1.47. The van der Waals surface area contributed by atoms with Crippen LogP contribution in [0.5, 0.6) is 0 Å². The van der Waals surface area contributed by atoms with Gasteiger partial charge in [-0.25, -0.2) is 4.68 Å². The molecule has 3 nitrogen and oxygen atoms in total. The topological polar surface area (TPSA) is 34.9 Å². The fraction of sp³-hybridized carbons (Fsp3) is 0.0909. The molecule has 1 aromatic heterocycles. The second-order valence-corrected chi connectivity index (χ2v) is 3.65. The zero-order valence-corrected chi connectivity index (χ0v) is 8.90. The average Bonchev–Trinajstić information content (AvgIpc) is 2.64. The minimum Gasteiger partial charge on any atom is -0.267 e. The summed E-state index contributed by atoms with van der Waals surface area (Å²) in [6, 6.07) is 8.59. The first-order valence-corrected chi connectivity index (χ1v) is 4.87. The van der Waals surface area contributed by atoms with E-state index >= 15 is 0 Å². The third-order valence-corrected chi connectivity index (χ3v) is 2.24. The Labute approximate surface area is 92.3 Å². The van der Waals surface area contributed by atoms with Crippen molar-refractivity contribution in [3.8, 4) is 0 Å². The molecule has 0 atom stereocenters. The van der Waals surface area contributed by atoms with Crippen LogP contribution in [0.2, 0.25) is 5.02 Å². The number of hydrogen-bond acceptors (Lipinski definition) is 2. The Bertz CT molecular complexity index is 505. The predicted octanol–water partition coefficient (Wildman–Crippen LogP) is 2.53. The van der Waals surface area contributed by atoms with Gasteiger partial charge in [0.2, 0.25) is 0 Å². The summed E-state index contributed by atoms with van der Waals surface area (Å²) in [5.41, 5.74) is 1.34. The highest BCUT2D eigenvalue weighted by Crippen LogP contribution is 2.11. The van der Waals surface area contributed by atoms with Crippen molar-refractivity contribution in [2.75, 3.05) is 0 Å². The first kappa shape index (κ1) is 9.93. The van der Waals surface area contributed by atoms with Gasteiger partial charge in [0.05, 0.1) is 5.69 Å². The van der Waals surface area contributed by atoms with Crippen LogP contribution < -0.4 is 0 Å². The number of rotatable bonds is 1. The molecule has 0 radical (unpaired) electrons. The minimum absolute atomic E-state index is 0.175. The van der Waals surface area contributed by atoms with Gasteiger partial charge in [0, 0.05) is 16.8 Å². The Balaban J connectivity index is 2.36. The molecule has 0 aliphatic rings. The summed E-state index contributed by atoms with van der Waals surface area (Å²) in [5.74, 6) is -0.175. The third-order valence-electron chi connectivity index (χ3n) is 2.00. The van der Waals surface area contributed by atoms with Gasteiger partial charge in [-0.15, -0.1) is 0 Å². The van der Waals surface area contributed by atoms with Gasteiger partial charge in [0.15, 0.2) is 0 Å². The second kappa shape index (κ2) is 3.87. The van der Waals surface area contributed by atoms with Crippen LogP contribution in [0.1, 0.15) is 16.1 Å². The van der Waals surface area contributed by atoms with E-state index in [4.69, 9.17) is 11.6 Å². The molecule has 0 N–H and O–H groups in total. The molecule has 4 heteroatoms. The van der Waals surface area contributed by atoms with Gasteiger partial charge >= 0.3 is 0 Å². The van der Waals surface area contributed by atoms with Crippen LogP contribution >= 0.6 is 11.6 Å². The SMILES string of the molecule is Cc1ccn(C(=O)c2cccc(Cl)c2)n1. The van der Waals surface area contributed by atoms with Gasteiger partial charge in [0.25, 0.3) is 5.91 Å². The van der Waals surface area contributed by atoms with Gasteiger partial charge in [-0.1, -0.05) is 17.7 Å². The second-order valence-electron chi connectivity index (χ2n) is 3.22. The number of halogens is 1. The van der Waals surface area contributed by atoms with E-state index in [0.717, 1.165) is 5.69 Å². The smallest absolute Gasteiger partial charge is 0.267 e. The maximum absolute atomic E-state index is 11.9. The Morgan fingerprint density at radius 3 is 2.80 bits per heavy atom. The largest absolute Gasteiger partial charge is 0.278 e. The maximum Gasteiger partial charge on any atom is 0.278 e. The monoisotopic (exact) mass is 220 g/mol. The van der Waals surface area contributed by atoms with Crippen LogP contribution in [0.4, 0.5) is 0 Å². The molecule has 15 heavy (non-hydrogen) atoms. The van der Waals surface area contributed by atoms with Crippen LogP contribution in [0.15, 0.2) is 36.5 Å². The summed E-state index contributed by atoms with van der Waals surface area (Å²) >= 11 is 5.80. The molecular weight excluding hydrogens is 212 g/mol. The molecule has 0 saturated heterocycles. The molecule has 2 aromatic rings. The zero-order valence-electron chi connectivity index (χ0n) is 8.14. The maximum atomic E-state index is 11.9. The first-order valence-electron chi connectivity index (χ1n) is 4.49. The quantitative estimate of drug-likeness (QED) is 0.740. The van der Waals surface area contributed by atoms with Crippen molar-refractivity contribution in [3.63, 3.8) is 0 Å². The minimum atomic E-state index is -0.175. The summed E-state index contributed by atoms with van der Waals surface area (Å²) in [4.78, 5) is 11.9. The Hall–Kier alpha value is -1.61. The number of aromatic nitrogens is 2. The van der Waals surface area contributed by atoms with Crippen LogP contribution in [0.25, 0.3) is 0 Å². The van der Waals surface area contributed by atoms with Crippen molar-refractivity contribution in [1.29, 1.82) is 0 Å². The van der Waals surface area contributed by atoms with E-state index in [-0.39, 0.29) is 5.91 Å². The predicted molar refractivity (Wildman–Crippen MR) is 58.1 cm³/mol. The standard InChI is InChI=1S/C11H9ClN2O/c1-8-5-6-14(13-8)11(15)9-3-2-4-10(12)7-9/h2-7H,1H3. The van der Waals surface area contributed by atoms with E-state index in [0.29, 0.717) is 10.6 Å². The van der Waals surface area contributed by atoms with Crippen LogP contribution in [0.3, 0.4) is 0 Å². The van der Waals surface area contributed by atoms with Crippen molar-refractivity contribution in [2.24, 2.45) is 0 Å². The average molecular weight is 221 g/mol. The van der Waals surface area contributed by atoms with E-state index in [9.17, 15) is 4.79 Å². The van der Waals surface area contributed by atoms with Gasteiger partial charge in [-0.3, -0.25) is 4.79 Å². The zero-order chi connectivity index (χ0) is 10.8. The molecular formula is C11H9ClN2O. The highest BCUT2D eigenvalue weighted by Gasteiger charge is 2.08. The van der Waals surface area contributed by atoms with E-state index in [1.165, 1.54) is 4.68 Å². The lowest BCUT2D eigenvalue weighted by Gasteiger charge is -2.00. The Kier molecular flexibility index (Phi) is 2.56. The van der Waals surface area contributed by atoms with Crippen molar-refractivity contribution in [2.45, 2.75) is 6.92 Å². The molecule has 0 fully saturated rings. The number of benzene rings is 1. The van der Waals surface area contributed by atoms with Crippen LogP contribution in [-0.4, -0.2) is 15.7 Å². The molecule has 1 heterocycles. The summed E-state index contributed by atoms with van der Waals surface area (Å²) < 4.78 is 1.31. The molecule has 0 aliphatic heterocycles. The lowest BCUT2D eigenvalue weighted by molar-refractivity contribution is 0.0944. The molecule has 0 unspecified atom stereocenters. The highest BCUT2D eigenvalue weighted by molar-refractivity contribution is 6.30. The molecule has 0 spiro atoms. The van der Waals surface area contributed by atoms with Gasteiger partial charge < -0.3 is 0 Å². The van der Waals surface area contributed by atoms with Crippen molar-refractivity contribution in [1.82, 2.24) is 9.78 Å². The number of aryl methyl sites for hydroxylation is 1. The number of hydrogen-bond donors (Lipinski definition) is 0. The summed E-state index contributed by atoms with van der Waals surface area (Å²) in [7, 11) is 0. The molecule has 0 saturated carbocycles. The van der Waals surface area contributed by atoms with Crippen LogP contribution in [-0.2, 0) is 0 Å². The van der Waals surface area contributed by atoms with Crippen molar-refractivity contribution < 1.29 is 4.79 Å². The Morgan fingerprint density at radius 1 is 1.40 bits per heavy atom. The summed E-state index contributed by atoms with van der Waals surface area (Å²) in [5, 5.41) is 4.59. The van der Waals surface area contributed by atoms with Crippen LogP contribution in [0, 0.1) is 6.92 Å². The van der Waals surface area contributed by atoms with E-state index in [1.54, 1.807) is 36.5 Å². The lowest BCUT2D eigenvalue weighted by atomic mass is 10.2. The van der Waals surface area contributed by atoms with E-state index < -0.39 is 0 Å². The summed E-state index contributed by atoms with van der Waals surface area (Å²) in [6.45, 7) is 1.84. The van der Waals surface area contributed by atoms with E-state index in [2.05, 4.69) is 5.10 Å². The normalized spacial score (nSPS) is 10.3. The molecule has 2 rings (SSSR count). The first-order chi connectivity index (χ1) is 7.16. The Morgan fingerprint density at radius 2 is 2.20 bits per heavy atom. The molecule has 0 amide bonds. The lowest BCUT2D eigenvalue weighted by Crippen LogP contribution is -2.12.